The van der Waals surface area contributed by atoms with Crippen molar-refractivity contribution in [3.8, 4) is 0 Å². The van der Waals surface area contributed by atoms with E-state index in [2.05, 4.69) is 45.1 Å². The van der Waals surface area contributed by atoms with E-state index < -0.39 is 0 Å². The van der Waals surface area contributed by atoms with Gasteiger partial charge in [-0.05, 0) is 48.5 Å². The Balaban J connectivity index is 1.17. The summed E-state index contributed by atoms with van der Waals surface area (Å²) < 4.78 is 2.78. The number of thiophene rings is 1. The van der Waals surface area contributed by atoms with Gasteiger partial charge >= 0.3 is 0 Å². The van der Waals surface area contributed by atoms with Gasteiger partial charge in [-0.2, -0.15) is 0 Å². The lowest BCUT2D eigenvalue weighted by atomic mass is 10.2. The zero-order chi connectivity index (χ0) is 22.1. The topological polar surface area (TPSA) is 53.4 Å². The van der Waals surface area contributed by atoms with Gasteiger partial charge in [-0.25, -0.2) is 4.98 Å². The number of benzene rings is 2. The smallest absolute Gasteiger partial charge is 0.264 e. The Morgan fingerprint density at radius 1 is 1.03 bits per heavy atom. The van der Waals surface area contributed by atoms with Crippen LogP contribution in [-0.2, 0) is 13.6 Å². The Labute approximate surface area is 196 Å². The van der Waals surface area contributed by atoms with Crippen molar-refractivity contribution >= 4 is 51.3 Å². The summed E-state index contributed by atoms with van der Waals surface area (Å²) in [6.07, 6.45) is 0. The number of nitrogens with zero attached hydrogens (tertiary/aromatic N) is 4. The predicted molar refractivity (Wildman–Crippen MR) is 132 cm³/mol. The lowest BCUT2D eigenvalue weighted by molar-refractivity contribution is 0.0751. The number of carbonyl (C=O) groups is 1. The van der Waals surface area contributed by atoms with Crippen LogP contribution in [0.15, 0.2) is 60.7 Å². The highest BCUT2D eigenvalue weighted by molar-refractivity contribution is 7.17. The lowest BCUT2D eigenvalue weighted by Crippen LogP contribution is -2.48. The molecule has 0 bridgehead atoms. The number of anilines is 2. The molecule has 0 unspecified atom stereocenters. The van der Waals surface area contributed by atoms with Crippen LogP contribution in [0.5, 0.6) is 0 Å². The Hall–Kier alpha value is -3.03. The Bertz CT molecular complexity index is 1240. The van der Waals surface area contributed by atoms with Crippen LogP contribution >= 0.6 is 22.9 Å². The molecule has 0 atom stereocenters. The number of fused-ring (bicyclic) bond motifs is 1. The summed E-state index contributed by atoms with van der Waals surface area (Å²) in [6, 6.07) is 20.2. The van der Waals surface area contributed by atoms with Crippen LogP contribution in [0.4, 0.5) is 11.4 Å². The molecule has 1 aliphatic heterocycles. The van der Waals surface area contributed by atoms with Gasteiger partial charge in [-0.1, -0.05) is 23.7 Å². The quantitative estimate of drug-likeness (QED) is 0.457. The Morgan fingerprint density at radius 2 is 1.78 bits per heavy atom. The maximum absolute atomic E-state index is 12.6. The maximum Gasteiger partial charge on any atom is 0.264 e. The summed E-state index contributed by atoms with van der Waals surface area (Å²) in [5, 5.41) is 3.47. The monoisotopic (exact) mass is 465 g/mol. The average Bonchev–Trinajstić information content (AvgIpc) is 3.41. The second kappa shape index (κ2) is 8.84. The first kappa shape index (κ1) is 20.8. The van der Waals surface area contributed by atoms with Gasteiger partial charge in [0.15, 0.2) is 0 Å². The van der Waals surface area contributed by atoms with Gasteiger partial charge in [0.2, 0.25) is 0 Å². The first-order valence-corrected chi connectivity index (χ1v) is 11.8. The maximum atomic E-state index is 12.6. The van der Waals surface area contributed by atoms with Gasteiger partial charge < -0.3 is 19.7 Å². The highest BCUT2D eigenvalue weighted by Crippen LogP contribution is 2.25. The molecule has 1 amide bonds. The Morgan fingerprint density at radius 3 is 2.47 bits per heavy atom. The van der Waals surface area contributed by atoms with Crippen molar-refractivity contribution in [3.63, 3.8) is 0 Å². The molecule has 0 aliphatic carbocycles. The third kappa shape index (κ3) is 4.18. The molecule has 1 N–H and O–H groups in total. The lowest BCUT2D eigenvalue weighted by Gasteiger charge is -2.36. The summed E-state index contributed by atoms with van der Waals surface area (Å²) in [5.74, 6) is 1.08. The normalized spacial score (nSPS) is 14.2. The van der Waals surface area contributed by atoms with Crippen LogP contribution in [0.3, 0.4) is 0 Å². The number of rotatable bonds is 5. The Kier molecular flexibility index (Phi) is 5.76. The molecule has 164 valence electrons. The molecule has 1 fully saturated rings. The van der Waals surface area contributed by atoms with Crippen LogP contribution in [0.2, 0.25) is 4.34 Å². The standard InChI is InChI=1S/C24H24ClN5OS/c1-28-20-5-3-2-4-19(20)27-23(28)16-26-17-6-8-18(9-7-17)29-12-14-30(15-13-29)24(31)21-10-11-22(25)32-21/h2-11,26H,12-16H2,1H3. The van der Waals surface area contributed by atoms with Gasteiger partial charge in [-0.3, -0.25) is 4.79 Å². The number of imidazole rings is 1. The fraction of sp³-hybridized carbons (Fsp3) is 0.250. The molecular formula is C24H24ClN5OS. The summed E-state index contributed by atoms with van der Waals surface area (Å²) in [5.41, 5.74) is 4.38. The zero-order valence-electron chi connectivity index (χ0n) is 17.8. The van der Waals surface area contributed by atoms with Crippen LogP contribution in [0.25, 0.3) is 11.0 Å². The fourth-order valence-electron chi connectivity index (χ4n) is 4.08. The van der Waals surface area contributed by atoms with E-state index in [-0.39, 0.29) is 5.91 Å². The molecule has 2 aromatic carbocycles. The van der Waals surface area contributed by atoms with Gasteiger partial charge in [-0.15, -0.1) is 11.3 Å². The second-order valence-electron chi connectivity index (χ2n) is 7.86. The summed E-state index contributed by atoms with van der Waals surface area (Å²) >= 11 is 7.31. The number of hydrogen-bond acceptors (Lipinski definition) is 5. The molecular weight excluding hydrogens is 442 g/mol. The molecule has 1 aliphatic rings. The molecule has 0 spiro atoms. The number of nitrogens with one attached hydrogen (secondary N) is 1. The van der Waals surface area contributed by atoms with E-state index >= 15 is 0 Å². The van der Waals surface area contributed by atoms with Crippen molar-refractivity contribution in [2.75, 3.05) is 36.4 Å². The summed E-state index contributed by atoms with van der Waals surface area (Å²) in [7, 11) is 2.05. The van der Waals surface area contributed by atoms with E-state index in [1.165, 1.54) is 17.0 Å². The second-order valence-corrected chi connectivity index (χ2v) is 9.57. The van der Waals surface area contributed by atoms with Crippen LogP contribution in [0, 0.1) is 0 Å². The number of aromatic nitrogens is 2. The predicted octanol–water partition coefficient (Wildman–Crippen LogP) is 4.86. The van der Waals surface area contributed by atoms with E-state index in [0.29, 0.717) is 28.8 Å². The molecule has 0 saturated carbocycles. The van der Waals surface area contributed by atoms with E-state index in [1.54, 1.807) is 12.1 Å². The van der Waals surface area contributed by atoms with Gasteiger partial charge in [0.1, 0.15) is 5.82 Å². The van der Waals surface area contributed by atoms with Crippen LogP contribution in [0.1, 0.15) is 15.5 Å². The number of halogens is 1. The zero-order valence-corrected chi connectivity index (χ0v) is 19.4. The SMILES string of the molecule is Cn1c(CNc2ccc(N3CCN(C(=O)c4ccc(Cl)s4)CC3)cc2)nc2ccccc21. The van der Waals surface area contributed by atoms with Gasteiger partial charge in [0, 0.05) is 44.6 Å². The molecule has 4 aromatic rings. The van der Waals surface area contributed by atoms with Crippen LogP contribution in [-0.4, -0.2) is 46.5 Å². The van der Waals surface area contributed by atoms with Crippen molar-refractivity contribution in [2.24, 2.45) is 7.05 Å². The first-order valence-electron chi connectivity index (χ1n) is 10.6. The summed E-state index contributed by atoms with van der Waals surface area (Å²) in [4.78, 5) is 22.3. The minimum absolute atomic E-state index is 0.0723. The third-order valence-electron chi connectivity index (χ3n) is 5.91. The van der Waals surface area contributed by atoms with Crippen molar-refractivity contribution in [2.45, 2.75) is 6.54 Å². The van der Waals surface area contributed by atoms with E-state index in [9.17, 15) is 4.79 Å². The van der Waals surface area contributed by atoms with Crippen LogP contribution < -0.4 is 10.2 Å². The van der Waals surface area contributed by atoms with Crippen molar-refractivity contribution < 1.29 is 4.79 Å². The molecule has 5 rings (SSSR count). The molecule has 3 heterocycles. The van der Waals surface area contributed by atoms with Crippen molar-refractivity contribution in [3.05, 3.63) is 75.7 Å². The average molecular weight is 466 g/mol. The minimum Gasteiger partial charge on any atom is -0.378 e. The first-order chi connectivity index (χ1) is 15.6. The van der Waals surface area contributed by atoms with E-state index in [1.807, 2.05) is 30.1 Å². The van der Waals surface area contributed by atoms with Crippen molar-refractivity contribution in [1.82, 2.24) is 14.5 Å². The van der Waals surface area contributed by atoms with E-state index in [4.69, 9.17) is 16.6 Å². The molecule has 1 saturated heterocycles. The number of para-hydroxylation sites is 2. The number of piperazine rings is 1. The highest BCUT2D eigenvalue weighted by atomic mass is 35.5. The number of aryl methyl sites for hydroxylation is 1. The molecule has 0 radical (unpaired) electrons. The molecule has 2 aromatic heterocycles. The third-order valence-corrected chi connectivity index (χ3v) is 7.13. The molecule has 32 heavy (non-hydrogen) atoms. The fourth-order valence-corrected chi connectivity index (χ4v) is 5.09. The molecule has 8 heteroatoms. The van der Waals surface area contributed by atoms with Gasteiger partial charge in [0.05, 0.1) is 26.8 Å². The van der Waals surface area contributed by atoms with Crippen molar-refractivity contribution in [1.29, 1.82) is 0 Å². The number of amides is 1. The highest BCUT2D eigenvalue weighted by Gasteiger charge is 2.23. The van der Waals surface area contributed by atoms with E-state index in [0.717, 1.165) is 35.6 Å². The van der Waals surface area contributed by atoms with Gasteiger partial charge in [0.25, 0.3) is 5.91 Å². The number of hydrogen-bond donors (Lipinski definition) is 1. The largest absolute Gasteiger partial charge is 0.378 e. The number of carbonyl (C=O) groups excluding carboxylic acids is 1. The minimum atomic E-state index is 0.0723. The summed E-state index contributed by atoms with van der Waals surface area (Å²) in [6.45, 7) is 3.72. The molecule has 6 nitrogen and oxygen atoms in total.